The Morgan fingerprint density at radius 2 is 2.26 bits per heavy atom. The minimum atomic E-state index is -1.19. The third-order valence-corrected chi connectivity index (χ3v) is 8.20. The average molecular weight is 533 g/mol. The smallest absolute Gasteiger partial charge is 0.352 e. The summed E-state index contributed by atoms with van der Waals surface area (Å²) in [6.07, 6.45) is 3.73. The standard InChI is InChI=1S/C20H17N7O5S3/c1-32-25-13(11-7-34-20(21)23-11)16(28)24-14-17(29)27-15(19(30)31)9(6-33-18(14)27)4-26-3-2-10-12(5-26)35-8-22-10/h2-3,5,7-8,14,18H,4,6H2,1H3,(H3-,21,23,24,28,30,31)/p+1/t14?,18-/m0/s1. The van der Waals surface area contributed by atoms with Gasteiger partial charge in [-0.2, -0.15) is 4.57 Å². The van der Waals surface area contributed by atoms with Gasteiger partial charge < -0.3 is 21.0 Å². The van der Waals surface area contributed by atoms with Crippen LogP contribution in [0.5, 0.6) is 0 Å². The van der Waals surface area contributed by atoms with E-state index in [0.29, 0.717) is 17.9 Å². The predicted octanol–water partition coefficient (Wildman–Crippen LogP) is 0.412. The van der Waals surface area contributed by atoms with Gasteiger partial charge in [0.25, 0.3) is 11.8 Å². The van der Waals surface area contributed by atoms with Gasteiger partial charge in [0, 0.05) is 22.8 Å². The van der Waals surface area contributed by atoms with Gasteiger partial charge in [-0.1, -0.05) is 5.16 Å². The number of fused-ring (bicyclic) bond motifs is 2. The van der Waals surface area contributed by atoms with Crippen molar-refractivity contribution in [2.24, 2.45) is 5.16 Å². The number of thioether (sulfide) groups is 1. The van der Waals surface area contributed by atoms with Crippen LogP contribution in [0.2, 0.25) is 0 Å². The fourth-order valence-electron chi connectivity index (χ4n) is 3.87. The van der Waals surface area contributed by atoms with Crippen molar-refractivity contribution in [2.45, 2.75) is 18.0 Å². The Labute approximate surface area is 210 Å². The molecule has 1 fully saturated rings. The first-order valence-corrected chi connectivity index (χ1v) is 12.9. The van der Waals surface area contributed by atoms with Gasteiger partial charge in [0.1, 0.15) is 34.6 Å². The molecule has 12 nitrogen and oxygen atoms in total. The van der Waals surface area contributed by atoms with E-state index in [1.54, 1.807) is 10.9 Å². The Hall–Kier alpha value is -3.56. The monoisotopic (exact) mass is 532 g/mol. The number of aromatic nitrogens is 3. The molecule has 0 radical (unpaired) electrons. The molecule has 15 heteroatoms. The minimum absolute atomic E-state index is 0.0563. The van der Waals surface area contributed by atoms with E-state index in [1.807, 2.05) is 23.0 Å². The van der Waals surface area contributed by atoms with Crippen LogP contribution in [-0.2, 0) is 25.8 Å². The van der Waals surface area contributed by atoms with E-state index in [9.17, 15) is 19.5 Å². The number of nitrogens with two attached hydrogens (primary N) is 1. The fourth-order valence-corrected chi connectivity index (χ4v) is 6.47. The number of carbonyl (C=O) groups is 3. The number of hydrogen-bond acceptors (Lipinski definition) is 11. The summed E-state index contributed by atoms with van der Waals surface area (Å²) in [5.41, 5.74) is 8.89. The van der Waals surface area contributed by atoms with Crippen molar-refractivity contribution in [1.82, 2.24) is 20.2 Å². The highest BCUT2D eigenvalue weighted by Gasteiger charge is 2.54. The Balaban J connectivity index is 1.36. The van der Waals surface area contributed by atoms with Gasteiger partial charge in [-0.15, -0.1) is 34.4 Å². The van der Waals surface area contributed by atoms with E-state index in [-0.39, 0.29) is 22.2 Å². The molecule has 35 heavy (non-hydrogen) atoms. The molecule has 180 valence electrons. The molecule has 4 N–H and O–H groups in total. The highest BCUT2D eigenvalue weighted by molar-refractivity contribution is 8.00. The molecular formula is C20H18N7O5S3+. The number of pyridine rings is 1. The number of thiazole rings is 2. The van der Waals surface area contributed by atoms with Crippen LogP contribution in [0.1, 0.15) is 5.69 Å². The molecule has 3 aromatic rings. The molecular weight excluding hydrogens is 514 g/mol. The summed E-state index contributed by atoms with van der Waals surface area (Å²) in [5, 5.41) is 17.5. The highest BCUT2D eigenvalue weighted by atomic mass is 32.2. The lowest BCUT2D eigenvalue weighted by atomic mass is 10.0. The van der Waals surface area contributed by atoms with E-state index in [0.717, 1.165) is 21.6 Å². The number of carboxylic acid groups (broad SMARTS) is 1. The van der Waals surface area contributed by atoms with Crippen LogP contribution < -0.4 is 15.6 Å². The molecule has 1 unspecified atom stereocenters. The maximum absolute atomic E-state index is 13.0. The molecule has 3 aromatic heterocycles. The van der Waals surface area contributed by atoms with Crippen LogP contribution in [0.25, 0.3) is 10.2 Å². The first-order valence-electron chi connectivity index (χ1n) is 10.1. The number of aliphatic carboxylic acids is 1. The number of carboxylic acids is 1. The second kappa shape index (κ2) is 9.24. The van der Waals surface area contributed by atoms with E-state index >= 15 is 0 Å². The highest BCUT2D eigenvalue weighted by Crippen LogP contribution is 2.40. The lowest BCUT2D eigenvalue weighted by Gasteiger charge is -2.49. The van der Waals surface area contributed by atoms with E-state index in [1.165, 1.54) is 35.1 Å². The molecule has 5 heterocycles. The Morgan fingerprint density at radius 3 is 2.97 bits per heavy atom. The van der Waals surface area contributed by atoms with E-state index in [2.05, 4.69) is 20.4 Å². The summed E-state index contributed by atoms with van der Waals surface area (Å²) >= 11 is 4.01. The first kappa shape index (κ1) is 23.2. The topological polar surface area (TPSA) is 164 Å². The van der Waals surface area contributed by atoms with Crippen LogP contribution in [-0.4, -0.2) is 67.7 Å². The van der Waals surface area contributed by atoms with Gasteiger partial charge in [-0.3, -0.25) is 14.5 Å². The molecule has 0 aromatic carbocycles. The maximum Gasteiger partial charge on any atom is 0.352 e. The van der Waals surface area contributed by atoms with Crippen molar-refractivity contribution in [3.05, 3.63) is 46.3 Å². The van der Waals surface area contributed by atoms with Crippen LogP contribution in [0, 0.1) is 0 Å². The number of anilines is 1. The van der Waals surface area contributed by atoms with Crippen molar-refractivity contribution >= 4 is 73.3 Å². The fraction of sp³-hybridized carbons (Fsp3) is 0.250. The number of carbonyl (C=O) groups excluding carboxylic acids is 2. The van der Waals surface area contributed by atoms with Crippen LogP contribution in [0.4, 0.5) is 5.13 Å². The summed E-state index contributed by atoms with van der Waals surface area (Å²) in [7, 11) is 1.28. The number of rotatable bonds is 7. The quantitative estimate of drug-likeness (QED) is 0.169. The summed E-state index contributed by atoms with van der Waals surface area (Å²) in [4.78, 5) is 52.3. The lowest BCUT2D eigenvalue weighted by molar-refractivity contribution is -0.687. The number of hydrogen-bond donors (Lipinski definition) is 3. The zero-order valence-electron chi connectivity index (χ0n) is 18.1. The van der Waals surface area contributed by atoms with Crippen molar-refractivity contribution in [2.75, 3.05) is 18.6 Å². The zero-order valence-corrected chi connectivity index (χ0v) is 20.5. The zero-order chi connectivity index (χ0) is 24.7. The van der Waals surface area contributed by atoms with Gasteiger partial charge in [-0.05, 0) is 0 Å². The van der Waals surface area contributed by atoms with E-state index < -0.39 is 29.2 Å². The molecule has 0 saturated carbocycles. The van der Waals surface area contributed by atoms with Gasteiger partial charge in [-0.25, -0.2) is 14.8 Å². The summed E-state index contributed by atoms with van der Waals surface area (Å²) < 4.78 is 2.85. The Morgan fingerprint density at radius 1 is 1.43 bits per heavy atom. The van der Waals surface area contributed by atoms with Crippen molar-refractivity contribution in [1.29, 1.82) is 0 Å². The van der Waals surface area contributed by atoms with Crippen molar-refractivity contribution < 1.29 is 28.9 Å². The number of β-lactam (4-membered cyclic amide) rings is 1. The number of oxime groups is 1. The predicted molar refractivity (Wildman–Crippen MR) is 130 cm³/mol. The molecule has 2 aliphatic heterocycles. The van der Waals surface area contributed by atoms with Crippen molar-refractivity contribution in [3.8, 4) is 0 Å². The lowest BCUT2D eigenvalue weighted by Crippen LogP contribution is -2.71. The van der Waals surface area contributed by atoms with Crippen LogP contribution >= 0.6 is 34.4 Å². The second-order valence-electron chi connectivity index (χ2n) is 7.53. The number of nitrogens with zero attached hydrogens (tertiary/aromatic N) is 5. The number of nitrogens with one attached hydrogen (secondary N) is 1. The SMILES string of the molecule is CON=C(C(=O)NC1C(=O)N2C(C(=O)O)=C(C[n+]3ccc4ncsc4c3)CS[C@@H]12)c1csc(N)n1. The Kier molecular flexibility index (Phi) is 6.12. The average Bonchev–Trinajstić information content (AvgIpc) is 3.48. The van der Waals surface area contributed by atoms with E-state index in [4.69, 9.17) is 10.6 Å². The normalized spacial score (nSPS) is 20.0. The first-order chi connectivity index (χ1) is 16.9. The second-order valence-corrected chi connectivity index (χ2v) is 10.4. The molecule has 2 atom stereocenters. The Bertz CT molecular complexity index is 1410. The number of nitrogen functional groups attached to an aromatic ring is 1. The summed E-state index contributed by atoms with van der Waals surface area (Å²) in [6.45, 7) is 0.311. The molecule has 2 aliphatic rings. The summed E-state index contributed by atoms with van der Waals surface area (Å²) in [5.74, 6) is -1.99. The third kappa shape index (κ3) is 4.21. The van der Waals surface area contributed by atoms with Gasteiger partial charge in [0.05, 0.1) is 11.0 Å². The molecule has 5 rings (SSSR count). The molecule has 1 saturated heterocycles. The summed E-state index contributed by atoms with van der Waals surface area (Å²) in [6, 6.07) is 0.948. The number of amides is 2. The van der Waals surface area contributed by atoms with Gasteiger partial charge >= 0.3 is 5.97 Å². The molecule has 0 spiro atoms. The molecule has 0 bridgehead atoms. The third-order valence-electron chi connectivity index (χ3n) is 5.40. The van der Waals surface area contributed by atoms with Crippen LogP contribution in [0.3, 0.4) is 0 Å². The van der Waals surface area contributed by atoms with Crippen molar-refractivity contribution in [3.63, 3.8) is 0 Å². The van der Waals surface area contributed by atoms with Crippen LogP contribution in [0.15, 0.2) is 45.8 Å². The maximum atomic E-state index is 13.0. The molecule has 0 aliphatic carbocycles. The molecule has 2 amide bonds. The van der Waals surface area contributed by atoms with Gasteiger partial charge in [0.15, 0.2) is 29.8 Å². The van der Waals surface area contributed by atoms with Gasteiger partial charge in [0.2, 0.25) is 0 Å². The largest absolute Gasteiger partial charge is 0.477 e. The minimum Gasteiger partial charge on any atom is -0.477 e.